The van der Waals surface area contributed by atoms with Crippen LogP contribution in [0.5, 0.6) is 0 Å². The van der Waals surface area contributed by atoms with Gasteiger partial charge in [-0.2, -0.15) is 0 Å². The van der Waals surface area contributed by atoms with Crippen LogP contribution in [0.3, 0.4) is 0 Å². The first-order chi connectivity index (χ1) is 10.1. The molecule has 1 aliphatic heterocycles. The number of anilines is 1. The van der Waals surface area contributed by atoms with Crippen LogP contribution in [0.4, 0.5) is 11.4 Å². The Morgan fingerprint density at radius 1 is 1.19 bits per heavy atom. The van der Waals surface area contributed by atoms with Crippen LogP contribution in [-0.2, 0) is 17.6 Å². The summed E-state index contributed by atoms with van der Waals surface area (Å²) >= 11 is 0. The van der Waals surface area contributed by atoms with Crippen molar-refractivity contribution in [2.24, 2.45) is 0 Å². The number of nitrogens with zero attached hydrogens (tertiary/aromatic N) is 2. The smallest absolute Gasteiger partial charge is 0.271 e. The molecule has 1 amide bonds. The van der Waals surface area contributed by atoms with Crippen molar-refractivity contribution in [3.8, 4) is 0 Å². The monoisotopic (exact) mass is 282 g/mol. The highest BCUT2D eigenvalue weighted by atomic mass is 16.6. The maximum atomic E-state index is 12.4. The number of nitro groups is 1. The zero-order valence-corrected chi connectivity index (χ0v) is 11.4. The molecule has 0 radical (unpaired) electrons. The Labute approximate surface area is 122 Å². The van der Waals surface area contributed by atoms with Crippen molar-refractivity contribution in [3.63, 3.8) is 0 Å². The molecule has 21 heavy (non-hydrogen) atoms. The molecule has 0 N–H and O–H groups in total. The van der Waals surface area contributed by atoms with E-state index in [1.54, 1.807) is 11.0 Å². The number of rotatable bonds is 3. The van der Waals surface area contributed by atoms with E-state index in [0.717, 1.165) is 17.5 Å². The average Bonchev–Trinajstić information content (AvgIpc) is 2.91. The molecule has 106 valence electrons. The lowest BCUT2D eigenvalue weighted by Gasteiger charge is -2.17. The van der Waals surface area contributed by atoms with Crippen LogP contribution in [0.2, 0.25) is 0 Å². The van der Waals surface area contributed by atoms with Gasteiger partial charge in [-0.3, -0.25) is 14.9 Å². The summed E-state index contributed by atoms with van der Waals surface area (Å²) in [6.07, 6.45) is 1.05. The van der Waals surface area contributed by atoms with Gasteiger partial charge in [-0.25, -0.2) is 0 Å². The number of nitro benzene ring substituents is 1. The highest BCUT2D eigenvalue weighted by molar-refractivity contribution is 5.97. The van der Waals surface area contributed by atoms with Crippen molar-refractivity contribution < 1.29 is 9.72 Å². The first-order valence-electron chi connectivity index (χ1n) is 6.77. The number of carbonyl (C=O) groups excluding carboxylic acids is 1. The van der Waals surface area contributed by atoms with Crippen LogP contribution in [0.1, 0.15) is 11.1 Å². The van der Waals surface area contributed by atoms with Gasteiger partial charge in [0.05, 0.1) is 17.0 Å². The van der Waals surface area contributed by atoms with E-state index in [-0.39, 0.29) is 11.6 Å². The van der Waals surface area contributed by atoms with Crippen molar-refractivity contribution in [2.75, 3.05) is 11.4 Å². The molecule has 0 saturated heterocycles. The summed E-state index contributed by atoms with van der Waals surface area (Å²) in [5, 5.41) is 10.9. The van der Waals surface area contributed by atoms with E-state index in [1.807, 2.05) is 30.3 Å². The zero-order valence-electron chi connectivity index (χ0n) is 11.4. The third-order valence-electron chi connectivity index (χ3n) is 3.67. The Hall–Kier alpha value is -2.69. The second-order valence-electron chi connectivity index (χ2n) is 5.03. The second kappa shape index (κ2) is 5.36. The Kier molecular flexibility index (Phi) is 3.39. The molecule has 0 aromatic heterocycles. The van der Waals surface area contributed by atoms with E-state index in [9.17, 15) is 14.9 Å². The minimum absolute atomic E-state index is 0.0214. The van der Waals surface area contributed by atoms with Crippen LogP contribution in [0, 0.1) is 10.1 Å². The zero-order chi connectivity index (χ0) is 14.8. The molecule has 3 rings (SSSR count). The molecule has 0 aliphatic carbocycles. The maximum Gasteiger partial charge on any atom is 0.271 e. The molecule has 0 atom stereocenters. The number of non-ortho nitro benzene ring substituents is 1. The molecule has 0 saturated carbocycles. The largest absolute Gasteiger partial charge is 0.311 e. The molecular weight excluding hydrogens is 268 g/mol. The Bertz CT molecular complexity index is 698. The topological polar surface area (TPSA) is 63.5 Å². The molecule has 0 unspecified atom stereocenters. The quantitative estimate of drug-likeness (QED) is 0.642. The molecule has 0 bridgehead atoms. The minimum atomic E-state index is -0.432. The molecule has 2 aromatic carbocycles. The van der Waals surface area contributed by atoms with Gasteiger partial charge in [0.2, 0.25) is 5.91 Å². The second-order valence-corrected chi connectivity index (χ2v) is 5.03. The van der Waals surface area contributed by atoms with Gasteiger partial charge in [0.15, 0.2) is 0 Å². The highest BCUT2D eigenvalue weighted by Crippen LogP contribution is 2.32. The Balaban J connectivity index is 1.84. The molecule has 2 aromatic rings. The molecule has 0 fully saturated rings. The number of benzene rings is 2. The van der Waals surface area contributed by atoms with Gasteiger partial charge in [0, 0.05) is 18.7 Å². The summed E-state index contributed by atoms with van der Waals surface area (Å²) in [6.45, 7) is 0.585. The van der Waals surface area contributed by atoms with E-state index in [2.05, 4.69) is 0 Å². The van der Waals surface area contributed by atoms with E-state index >= 15 is 0 Å². The SMILES string of the molecule is O=C(Cc1ccccc1)N1CCc2ccc([N+](=O)[O-])cc21. The predicted molar refractivity (Wildman–Crippen MR) is 79.3 cm³/mol. The number of hydrogen-bond acceptors (Lipinski definition) is 3. The van der Waals surface area contributed by atoms with E-state index in [4.69, 9.17) is 0 Å². The maximum absolute atomic E-state index is 12.4. The first-order valence-corrected chi connectivity index (χ1v) is 6.77. The first kappa shape index (κ1) is 13.3. The lowest BCUT2D eigenvalue weighted by atomic mass is 10.1. The number of fused-ring (bicyclic) bond motifs is 1. The summed E-state index contributed by atoms with van der Waals surface area (Å²) in [7, 11) is 0. The number of amides is 1. The molecule has 5 heteroatoms. The summed E-state index contributed by atoms with van der Waals surface area (Å²) in [5.74, 6) is -0.0274. The van der Waals surface area contributed by atoms with Gasteiger partial charge >= 0.3 is 0 Å². The highest BCUT2D eigenvalue weighted by Gasteiger charge is 2.26. The van der Waals surface area contributed by atoms with Crippen molar-refractivity contribution in [2.45, 2.75) is 12.8 Å². The standard InChI is InChI=1S/C16H14N2O3/c19-16(10-12-4-2-1-3-5-12)17-9-8-13-6-7-14(18(20)21)11-15(13)17/h1-7,11H,8-10H2. The van der Waals surface area contributed by atoms with Gasteiger partial charge in [0.25, 0.3) is 5.69 Å². The van der Waals surface area contributed by atoms with E-state index in [0.29, 0.717) is 18.7 Å². The van der Waals surface area contributed by atoms with Crippen molar-refractivity contribution in [1.82, 2.24) is 0 Å². The van der Waals surface area contributed by atoms with Gasteiger partial charge in [0.1, 0.15) is 0 Å². The van der Waals surface area contributed by atoms with Crippen LogP contribution in [0.15, 0.2) is 48.5 Å². The van der Waals surface area contributed by atoms with Crippen LogP contribution in [-0.4, -0.2) is 17.4 Å². The van der Waals surface area contributed by atoms with Gasteiger partial charge < -0.3 is 4.90 Å². The van der Waals surface area contributed by atoms with Crippen molar-refractivity contribution in [1.29, 1.82) is 0 Å². The molecule has 1 heterocycles. The van der Waals surface area contributed by atoms with Crippen LogP contribution >= 0.6 is 0 Å². The fourth-order valence-corrected chi connectivity index (χ4v) is 2.61. The lowest BCUT2D eigenvalue weighted by molar-refractivity contribution is -0.384. The molecular formula is C16H14N2O3. The Morgan fingerprint density at radius 3 is 2.67 bits per heavy atom. The fourth-order valence-electron chi connectivity index (χ4n) is 2.61. The number of carbonyl (C=O) groups is 1. The van der Waals surface area contributed by atoms with Crippen LogP contribution in [0.25, 0.3) is 0 Å². The summed E-state index contributed by atoms with van der Waals surface area (Å²) in [4.78, 5) is 24.5. The van der Waals surface area contributed by atoms with Crippen molar-refractivity contribution >= 4 is 17.3 Å². The van der Waals surface area contributed by atoms with Gasteiger partial charge in [-0.1, -0.05) is 36.4 Å². The Morgan fingerprint density at radius 2 is 1.95 bits per heavy atom. The normalized spacial score (nSPS) is 13.0. The van der Waals surface area contributed by atoms with Gasteiger partial charge in [-0.05, 0) is 17.5 Å². The molecule has 1 aliphatic rings. The molecule has 5 nitrogen and oxygen atoms in total. The minimum Gasteiger partial charge on any atom is -0.311 e. The van der Waals surface area contributed by atoms with E-state index in [1.165, 1.54) is 12.1 Å². The third kappa shape index (κ3) is 2.63. The fraction of sp³-hybridized carbons (Fsp3) is 0.188. The summed E-state index contributed by atoms with van der Waals surface area (Å²) in [6, 6.07) is 14.2. The van der Waals surface area contributed by atoms with Gasteiger partial charge in [-0.15, -0.1) is 0 Å². The predicted octanol–water partition coefficient (Wildman–Crippen LogP) is 2.73. The summed E-state index contributed by atoms with van der Waals surface area (Å²) < 4.78 is 0. The number of hydrogen-bond donors (Lipinski definition) is 0. The lowest BCUT2D eigenvalue weighted by Crippen LogP contribution is -2.30. The van der Waals surface area contributed by atoms with E-state index < -0.39 is 4.92 Å². The molecule has 0 spiro atoms. The third-order valence-corrected chi connectivity index (χ3v) is 3.67. The van der Waals surface area contributed by atoms with Crippen molar-refractivity contribution in [3.05, 3.63) is 69.8 Å². The van der Waals surface area contributed by atoms with Crippen LogP contribution < -0.4 is 4.90 Å². The summed E-state index contributed by atoms with van der Waals surface area (Å²) in [5.41, 5.74) is 2.63. The average molecular weight is 282 g/mol.